The van der Waals surface area contributed by atoms with Crippen LogP contribution in [-0.4, -0.2) is 20.2 Å². The zero-order chi connectivity index (χ0) is 14.8. The minimum Gasteiger partial charge on any atom is -0.256 e. The van der Waals surface area contributed by atoms with Crippen molar-refractivity contribution in [3.8, 4) is 0 Å². The Morgan fingerprint density at radius 3 is 2.67 bits per heavy atom. The van der Waals surface area contributed by atoms with E-state index in [9.17, 15) is 0 Å². The Morgan fingerprint density at radius 2 is 1.86 bits per heavy atom. The number of nitrogens with zero attached hydrogens (tertiary/aromatic N) is 4. The van der Waals surface area contributed by atoms with Crippen LogP contribution in [0.5, 0.6) is 0 Å². The molecule has 0 atom stereocenters. The van der Waals surface area contributed by atoms with Crippen LogP contribution >= 0.6 is 11.8 Å². The van der Waals surface area contributed by atoms with Gasteiger partial charge in [0.25, 0.3) is 0 Å². The van der Waals surface area contributed by atoms with Crippen LogP contribution in [0.3, 0.4) is 0 Å². The highest BCUT2D eigenvalue weighted by molar-refractivity contribution is 7.98. The lowest BCUT2D eigenvalue weighted by atomic mass is 10.1. The second-order valence-electron chi connectivity index (χ2n) is 5.09. The number of fused-ring (bicyclic) bond motifs is 1. The Labute approximate surface area is 128 Å². The predicted octanol–water partition coefficient (Wildman–Crippen LogP) is 3.64. The van der Waals surface area contributed by atoms with E-state index in [1.54, 1.807) is 11.8 Å². The molecule has 4 nitrogen and oxygen atoms in total. The van der Waals surface area contributed by atoms with Crippen molar-refractivity contribution in [3.05, 3.63) is 53.0 Å². The molecule has 0 aliphatic heterocycles. The number of hydrogen-bond donors (Lipinski definition) is 0. The third-order valence-electron chi connectivity index (χ3n) is 3.33. The Bertz CT molecular complexity index is 801. The predicted molar refractivity (Wildman–Crippen MR) is 85.3 cm³/mol. The van der Waals surface area contributed by atoms with Gasteiger partial charge in [0.1, 0.15) is 0 Å². The van der Waals surface area contributed by atoms with Gasteiger partial charge in [-0.2, -0.15) is 5.10 Å². The molecule has 106 valence electrons. The van der Waals surface area contributed by atoms with Crippen LogP contribution in [0.15, 0.2) is 35.6 Å². The molecule has 0 bridgehead atoms. The molecule has 3 aromatic rings. The zero-order valence-electron chi connectivity index (χ0n) is 12.3. The number of hydrogen-bond acceptors (Lipinski definition) is 5. The highest BCUT2D eigenvalue weighted by Gasteiger charge is 2.04. The van der Waals surface area contributed by atoms with Crippen molar-refractivity contribution in [1.29, 1.82) is 0 Å². The number of pyridine rings is 1. The van der Waals surface area contributed by atoms with Gasteiger partial charge in [-0.1, -0.05) is 23.4 Å². The quantitative estimate of drug-likeness (QED) is 0.691. The van der Waals surface area contributed by atoms with Crippen molar-refractivity contribution in [1.82, 2.24) is 20.2 Å². The lowest BCUT2D eigenvalue weighted by Gasteiger charge is -2.04. The van der Waals surface area contributed by atoms with Crippen molar-refractivity contribution in [2.24, 2.45) is 0 Å². The molecule has 0 aliphatic carbocycles. The van der Waals surface area contributed by atoms with Gasteiger partial charge in [-0.05, 0) is 44.5 Å². The Kier molecular flexibility index (Phi) is 3.84. The van der Waals surface area contributed by atoms with Crippen molar-refractivity contribution in [2.75, 3.05) is 0 Å². The van der Waals surface area contributed by atoms with Crippen molar-refractivity contribution < 1.29 is 0 Å². The molecule has 0 spiro atoms. The summed E-state index contributed by atoms with van der Waals surface area (Å²) in [4.78, 5) is 8.93. The standard InChI is InChI=1S/C16H16N4S/c1-10-4-5-15-14(6-10)7-13(8-17-15)9-21-16-18-11(2)12(3)19-20-16/h4-8H,9H2,1-3H3. The highest BCUT2D eigenvalue weighted by Crippen LogP contribution is 2.22. The summed E-state index contributed by atoms with van der Waals surface area (Å²) < 4.78 is 0. The van der Waals surface area contributed by atoms with Gasteiger partial charge in [0.05, 0.1) is 16.9 Å². The van der Waals surface area contributed by atoms with Gasteiger partial charge in [0, 0.05) is 17.3 Å². The maximum absolute atomic E-state index is 4.50. The van der Waals surface area contributed by atoms with E-state index >= 15 is 0 Å². The number of benzene rings is 1. The van der Waals surface area contributed by atoms with E-state index in [0.717, 1.165) is 22.7 Å². The summed E-state index contributed by atoms with van der Waals surface area (Å²) in [5.74, 6) is 0.793. The molecule has 0 saturated heterocycles. The van der Waals surface area contributed by atoms with Crippen LogP contribution in [0.1, 0.15) is 22.5 Å². The molecule has 0 fully saturated rings. The van der Waals surface area contributed by atoms with Gasteiger partial charge in [-0.25, -0.2) is 4.98 Å². The first-order valence-electron chi connectivity index (χ1n) is 6.78. The fourth-order valence-electron chi connectivity index (χ4n) is 2.02. The van der Waals surface area contributed by atoms with Gasteiger partial charge in [-0.3, -0.25) is 4.98 Å². The molecule has 0 radical (unpaired) electrons. The fourth-order valence-corrected chi connectivity index (χ4v) is 2.78. The second-order valence-corrected chi connectivity index (χ2v) is 6.04. The highest BCUT2D eigenvalue weighted by atomic mass is 32.2. The summed E-state index contributed by atoms with van der Waals surface area (Å²) in [6.45, 7) is 5.96. The van der Waals surface area contributed by atoms with Crippen molar-refractivity contribution in [2.45, 2.75) is 31.7 Å². The topological polar surface area (TPSA) is 51.6 Å². The SMILES string of the molecule is Cc1ccc2ncc(CSc3nnc(C)c(C)n3)cc2c1. The molecule has 1 aromatic carbocycles. The first kappa shape index (κ1) is 13.9. The molecule has 0 amide bonds. The maximum Gasteiger partial charge on any atom is 0.209 e. The van der Waals surface area contributed by atoms with E-state index in [4.69, 9.17) is 0 Å². The summed E-state index contributed by atoms with van der Waals surface area (Å²) in [5, 5.41) is 10.1. The van der Waals surface area contributed by atoms with E-state index in [-0.39, 0.29) is 0 Å². The molecular weight excluding hydrogens is 280 g/mol. The van der Waals surface area contributed by atoms with Crippen LogP contribution in [0.25, 0.3) is 10.9 Å². The molecule has 3 rings (SSSR count). The summed E-state index contributed by atoms with van der Waals surface area (Å²) in [5.41, 5.74) is 5.25. The largest absolute Gasteiger partial charge is 0.256 e. The minimum atomic E-state index is 0.711. The van der Waals surface area contributed by atoms with Crippen molar-refractivity contribution in [3.63, 3.8) is 0 Å². The van der Waals surface area contributed by atoms with Crippen LogP contribution in [0.2, 0.25) is 0 Å². The number of aryl methyl sites for hydroxylation is 3. The normalized spacial score (nSPS) is 11.0. The summed E-state index contributed by atoms with van der Waals surface area (Å²) in [6, 6.07) is 8.47. The average molecular weight is 296 g/mol. The van der Waals surface area contributed by atoms with E-state index < -0.39 is 0 Å². The van der Waals surface area contributed by atoms with E-state index in [2.05, 4.69) is 51.4 Å². The number of rotatable bonds is 3. The number of aromatic nitrogens is 4. The molecule has 21 heavy (non-hydrogen) atoms. The summed E-state index contributed by atoms with van der Waals surface area (Å²) in [6.07, 6.45) is 1.92. The lowest BCUT2D eigenvalue weighted by molar-refractivity contribution is 0.789. The third-order valence-corrected chi connectivity index (χ3v) is 4.24. The third kappa shape index (κ3) is 3.19. The van der Waals surface area contributed by atoms with E-state index in [0.29, 0.717) is 5.16 Å². The Morgan fingerprint density at radius 1 is 1.00 bits per heavy atom. The minimum absolute atomic E-state index is 0.711. The first-order chi connectivity index (χ1) is 10.1. The fraction of sp³-hybridized carbons (Fsp3) is 0.250. The van der Waals surface area contributed by atoms with Crippen LogP contribution in [-0.2, 0) is 5.75 Å². The summed E-state index contributed by atoms with van der Waals surface area (Å²) in [7, 11) is 0. The lowest BCUT2D eigenvalue weighted by Crippen LogP contribution is -1.98. The maximum atomic E-state index is 4.50. The second kappa shape index (κ2) is 5.77. The number of thioether (sulfide) groups is 1. The monoisotopic (exact) mass is 296 g/mol. The van der Waals surface area contributed by atoms with E-state index in [1.807, 2.05) is 20.0 Å². The van der Waals surface area contributed by atoms with Gasteiger partial charge in [0.15, 0.2) is 0 Å². The average Bonchev–Trinajstić information content (AvgIpc) is 2.48. The Hall–Kier alpha value is -2.01. The Balaban J connectivity index is 1.79. The first-order valence-corrected chi connectivity index (χ1v) is 7.76. The van der Waals surface area contributed by atoms with E-state index in [1.165, 1.54) is 16.5 Å². The molecule has 0 saturated carbocycles. The van der Waals surface area contributed by atoms with Gasteiger partial charge < -0.3 is 0 Å². The van der Waals surface area contributed by atoms with Gasteiger partial charge >= 0.3 is 0 Å². The molecule has 2 heterocycles. The van der Waals surface area contributed by atoms with Gasteiger partial charge in [-0.15, -0.1) is 5.10 Å². The van der Waals surface area contributed by atoms with Gasteiger partial charge in [0.2, 0.25) is 5.16 Å². The van der Waals surface area contributed by atoms with Crippen LogP contribution in [0.4, 0.5) is 0 Å². The summed E-state index contributed by atoms with van der Waals surface area (Å²) >= 11 is 1.58. The smallest absolute Gasteiger partial charge is 0.209 e. The molecule has 0 unspecified atom stereocenters. The molecule has 5 heteroatoms. The van der Waals surface area contributed by atoms with Crippen molar-refractivity contribution >= 4 is 22.7 Å². The van der Waals surface area contributed by atoms with Crippen LogP contribution < -0.4 is 0 Å². The molecule has 0 N–H and O–H groups in total. The molecule has 0 aliphatic rings. The van der Waals surface area contributed by atoms with Crippen LogP contribution in [0, 0.1) is 20.8 Å². The molecular formula is C16H16N4S. The zero-order valence-corrected chi connectivity index (χ0v) is 13.1. The molecule has 2 aromatic heterocycles.